The average Bonchev–Trinajstić information content (AvgIpc) is 2.84. The van der Waals surface area contributed by atoms with Crippen molar-refractivity contribution in [2.45, 2.75) is 32.3 Å². The molecule has 0 atom stereocenters. The lowest BCUT2D eigenvalue weighted by Gasteiger charge is -2.09. The van der Waals surface area contributed by atoms with E-state index in [2.05, 4.69) is 0 Å². The van der Waals surface area contributed by atoms with Crippen LogP contribution in [0.3, 0.4) is 0 Å². The summed E-state index contributed by atoms with van der Waals surface area (Å²) >= 11 is 5.75. The first kappa shape index (κ1) is 13.3. The number of rotatable bonds is 5. The molecule has 1 saturated carbocycles. The summed E-state index contributed by atoms with van der Waals surface area (Å²) in [5, 5.41) is 10.9. The van der Waals surface area contributed by atoms with E-state index in [1.165, 1.54) is 31.7 Å². The lowest BCUT2D eigenvalue weighted by molar-refractivity contribution is -0.384. The molecule has 0 N–H and O–H groups in total. The minimum Gasteiger partial charge on any atom is -0.376 e. The number of nitrogens with zero attached hydrogens (tertiary/aromatic N) is 1. The summed E-state index contributed by atoms with van der Waals surface area (Å²) < 4.78 is 5.61. The molecule has 0 bridgehead atoms. The van der Waals surface area contributed by atoms with Crippen LogP contribution in [0.2, 0.25) is 5.02 Å². The van der Waals surface area contributed by atoms with Crippen molar-refractivity contribution in [1.82, 2.24) is 0 Å². The highest BCUT2D eigenvalue weighted by molar-refractivity contribution is 6.32. The standard InChI is InChI=1S/C13H16ClNO3/c14-12-6-5-11(7-13(12)15(16)17)9-18-8-10-3-1-2-4-10/h5-7,10H,1-4,8-9H2. The van der Waals surface area contributed by atoms with Crippen LogP contribution in [0, 0.1) is 16.0 Å². The molecule has 1 aliphatic carbocycles. The molecule has 0 saturated heterocycles. The van der Waals surface area contributed by atoms with Gasteiger partial charge < -0.3 is 4.74 Å². The molecule has 0 unspecified atom stereocenters. The molecule has 0 aliphatic heterocycles. The summed E-state index contributed by atoms with van der Waals surface area (Å²) in [7, 11) is 0. The van der Waals surface area contributed by atoms with Gasteiger partial charge in [-0.15, -0.1) is 0 Å². The number of nitro groups is 1. The van der Waals surface area contributed by atoms with Crippen molar-refractivity contribution in [3.8, 4) is 0 Å². The van der Waals surface area contributed by atoms with Gasteiger partial charge in [0.05, 0.1) is 11.5 Å². The zero-order chi connectivity index (χ0) is 13.0. The molecule has 2 rings (SSSR count). The number of benzene rings is 1. The second-order valence-corrected chi connectivity index (χ2v) is 5.12. The van der Waals surface area contributed by atoms with Crippen LogP contribution in [0.4, 0.5) is 5.69 Å². The summed E-state index contributed by atoms with van der Waals surface area (Å²) in [6.07, 6.45) is 5.06. The lowest BCUT2D eigenvalue weighted by Crippen LogP contribution is -2.05. The molecule has 1 fully saturated rings. The van der Waals surface area contributed by atoms with E-state index in [-0.39, 0.29) is 10.7 Å². The maximum Gasteiger partial charge on any atom is 0.288 e. The molecule has 18 heavy (non-hydrogen) atoms. The Bertz CT molecular complexity index is 430. The first-order valence-corrected chi connectivity index (χ1v) is 6.55. The van der Waals surface area contributed by atoms with Gasteiger partial charge in [0.25, 0.3) is 5.69 Å². The van der Waals surface area contributed by atoms with E-state index >= 15 is 0 Å². The third kappa shape index (κ3) is 3.43. The predicted molar refractivity (Wildman–Crippen MR) is 69.7 cm³/mol. The summed E-state index contributed by atoms with van der Waals surface area (Å²) in [6.45, 7) is 1.16. The van der Waals surface area contributed by atoms with E-state index in [1.54, 1.807) is 12.1 Å². The first-order chi connectivity index (χ1) is 8.66. The van der Waals surface area contributed by atoms with Crippen LogP contribution in [-0.4, -0.2) is 11.5 Å². The molecule has 0 aromatic heterocycles. The van der Waals surface area contributed by atoms with Crippen LogP contribution >= 0.6 is 11.6 Å². The fraction of sp³-hybridized carbons (Fsp3) is 0.538. The zero-order valence-corrected chi connectivity index (χ0v) is 10.9. The van der Waals surface area contributed by atoms with E-state index in [4.69, 9.17) is 16.3 Å². The van der Waals surface area contributed by atoms with Crippen LogP contribution in [0.1, 0.15) is 31.2 Å². The van der Waals surface area contributed by atoms with Gasteiger partial charge in [-0.25, -0.2) is 0 Å². The van der Waals surface area contributed by atoms with Crippen molar-refractivity contribution >= 4 is 17.3 Å². The largest absolute Gasteiger partial charge is 0.376 e. The highest BCUT2D eigenvalue weighted by Crippen LogP contribution is 2.27. The number of ether oxygens (including phenoxy) is 1. The third-order valence-corrected chi connectivity index (χ3v) is 3.62. The van der Waals surface area contributed by atoms with Crippen LogP contribution < -0.4 is 0 Å². The quantitative estimate of drug-likeness (QED) is 0.601. The van der Waals surface area contributed by atoms with Crippen LogP contribution in [0.5, 0.6) is 0 Å². The Hall–Kier alpha value is -1.13. The molecule has 1 aliphatic rings. The maximum atomic E-state index is 10.7. The van der Waals surface area contributed by atoms with E-state index in [9.17, 15) is 10.1 Å². The minimum absolute atomic E-state index is 0.0568. The number of halogens is 1. The second kappa shape index (κ2) is 6.16. The van der Waals surface area contributed by atoms with Gasteiger partial charge in [0.15, 0.2) is 0 Å². The van der Waals surface area contributed by atoms with Gasteiger partial charge in [-0.3, -0.25) is 10.1 Å². The van der Waals surface area contributed by atoms with Gasteiger partial charge >= 0.3 is 0 Å². The van der Waals surface area contributed by atoms with Crippen LogP contribution in [0.25, 0.3) is 0 Å². The summed E-state index contributed by atoms with van der Waals surface area (Å²) in [5.41, 5.74) is 0.739. The van der Waals surface area contributed by atoms with Crippen LogP contribution in [-0.2, 0) is 11.3 Å². The molecule has 0 radical (unpaired) electrons. The molecular formula is C13H16ClNO3. The summed E-state index contributed by atoms with van der Waals surface area (Å²) in [5.74, 6) is 0.660. The molecule has 0 spiro atoms. The SMILES string of the molecule is O=[N+]([O-])c1cc(COCC2CCCC2)ccc1Cl. The fourth-order valence-electron chi connectivity index (χ4n) is 2.31. The maximum absolute atomic E-state index is 10.7. The van der Waals surface area contributed by atoms with Gasteiger partial charge in [-0.2, -0.15) is 0 Å². The summed E-state index contributed by atoms with van der Waals surface area (Å²) in [6, 6.07) is 4.80. The molecular weight excluding hydrogens is 254 g/mol. The predicted octanol–water partition coefficient (Wildman–Crippen LogP) is 3.96. The van der Waals surface area contributed by atoms with Crippen molar-refractivity contribution < 1.29 is 9.66 Å². The van der Waals surface area contributed by atoms with Crippen molar-refractivity contribution in [1.29, 1.82) is 0 Å². The molecule has 5 heteroatoms. The normalized spacial score (nSPS) is 16.1. The Morgan fingerprint density at radius 1 is 1.39 bits per heavy atom. The molecule has 4 nitrogen and oxygen atoms in total. The first-order valence-electron chi connectivity index (χ1n) is 6.17. The van der Waals surface area contributed by atoms with Gasteiger partial charge in [-0.1, -0.05) is 30.5 Å². The zero-order valence-electron chi connectivity index (χ0n) is 10.1. The van der Waals surface area contributed by atoms with E-state index < -0.39 is 4.92 Å². The number of hydrogen-bond acceptors (Lipinski definition) is 3. The number of hydrogen-bond donors (Lipinski definition) is 0. The lowest BCUT2D eigenvalue weighted by atomic mass is 10.1. The Morgan fingerprint density at radius 3 is 2.78 bits per heavy atom. The Morgan fingerprint density at radius 2 is 2.11 bits per heavy atom. The molecule has 0 heterocycles. The van der Waals surface area contributed by atoms with Crippen molar-refractivity contribution in [3.05, 3.63) is 38.9 Å². The molecule has 1 aromatic rings. The summed E-state index contributed by atoms with van der Waals surface area (Å²) in [4.78, 5) is 10.3. The minimum atomic E-state index is -0.469. The highest BCUT2D eigenvalue weighted by atomic mass is 35.5. The monoisotopic (exact) mass is 269 g/mol. The van der Waals surface area contributed by atoms with Gasteiger partial charge in [0.2, 0.25) is 0 Å². The third-order valence-electron chi connectivity index (χ3n) is 3.30. The highest BCUT2D eigenvalue weighted by Gasteiger charge is 2.16. The number of nitro benzene ring substituents is 1. The second-order valence-electron chi connectivity index (χ2n) is 4.71. The average molecular weight is 270 g/mol. The van der Waals surface area contributed by atoms with Crippen molar-refractivity contribution in [2.24, 2.45) is 5.92 Å². The topological polar surface area (TPSA) is 52.4 Å². The van der Waals surface area contributed by atoms with Crippen molar-refractivity contribution in [3.63, 3.8) is 0 Å². The Labute approximate surface area is 111 Å². The van der Waals surface area contributed by atoms with E-state index in [0.717, 1.165) is 12.2 Å². The molecule has 98 valence electrons. The van der Waals surface area contributed by atoms with E-state index in [1.807, 2.05) is 0 Å². The van der Waals surface area contributed by atoms with Crippen LogP contribution in [0.15, 0.2) is 18.2 Å². The van der Waals surface area contributed by atoms with Gasteiger partial charge in [0.1, 0.15) is 5.02 Å². The van der Waals surface area contributed by atoms with Crippen molar-refractivity contribution in [2.75, 3.05) is 6.61 Å². The molecule has 1 aromatic carbocycles. The Balaban J connectivity index is 1.88. The van der Waals surface area contributed by atoms with Gasteiger partial charge in [0, 0.05) is 12.7 Å². The van der Waals surface area contributed by atoms with Gasteiger partial charge in [-0.05, 0) is 30.4 Å². The Kier molecular flexibility index (Phi) is 4.55. The fourth-order valence-corrected chi connectivity index (χ4v) is 2.49. The molecule has 0 amide bonds. The smallest absolute Gasteiger partial charge is 0.288 e. The van der Waals surface area contributed by atoms with E-state index in [0.29, 0.717) is 12.5 Å².